The zero-order valence-corrected chi connectivity index (χ0v) is 21.0. The molecule has 0 radical (unpaired) electrons. The fourth-order valence-electron chi connectivity index (χ4n) is 4.88. The van der Waals surface area contributed by atoms with E-state index in [1.807, 2.05) is 31.2 Å². The van der Waals surface area contributed by atoms with Crippen molar-refractivity contribution in [2.75, 3.05) is 49.6 Å². The first kappa shape index (κ1) is 24.5. The number of ether oxygens (including phenoxy) is 1. The van der Waals surface area contributed by atoms with Gasteiger partial charge < -0.3 is 19.6 Å². The third-order valence-corrected chi connectivity index (χ3v) is 6.90. The zero-order valence-electron chi connectivity index (χ0n) is 21.0. The van der Waals surface area contributed by atoms with Gasteiger partial charge in [0.05, 0.1) is 18.2 Å². The van der Waals surface area contributed by atoms with Crippen LogP contribution in [0.3, 0.4) is 0 Å². The molecule has 2 aromatic carbocycles. The van der Waals surface area contributed by atoms with Gasteiger partial charge in [0.15, 0.2) is 0 Å². The molecule has 0 aliphatic carbocycles. The molecule has 1 atom stereocenters. The number of ketones is 1. The maximum atomic E-state index is 13.4. The molecule has 190 valence electrons. The summed E-state index contributed by atoms with van der Waals surface area (Å²) in [5.41, 5.74) is 2.83. The Morgan fingerprint density at radius 2 is 1.54 bits per heavy atom. The van der Waals surface area contributed by atoms with Crippen LogP contribution in [0, 0.1) is 0 Å². The highest BCUT2D eigenvalue weighted by Gasteiger charge is 2.47. The van der Waals surface area contributed by atoms with E-state index in [2.05, 4.69) is 21.8 Å². The Kier molecular flexibility index (Phi) is 6.92. The molecule has 3 aromatic rings. The van der Waals surface area contributed by atoms with E-state index in [1.165, 1.54) is 4.90 Å². The van der Waals surface area contributed by atoms with Crippen molar-refractivity contribution >= 4 is 28.8 Å². The molecule has 3 heterocycles. The number of aliphatic hydroxyl groups excluding tert-OH is 1. The van der Waals surface area contributed by atoms with Gasteiger partial charge >= 0.3 is 0 Å². The number of aliphatic hydroxyl groups is 1. The first-order chi connectivity index (χ1) is 18.0. The summed E-state index contributed by atoms with van der Waals surface area (Å²) in [6, 6.07) is 17.2. The number of anilines is 2. The summed E-state index contributed by atoms with van der Waals surface area (Å²) in [5.74, 6) is -0.969. The van der Waals surface area contributed by atoms with Crippen LogP contribution in [0.2, 0.25) is 0 Å². The number of carbonyl (C=O) groups is 2. The molecule has 0 saturated carbocycles. The maximum absolute atomic E-state index is 13.4. The van der Waals surface area contributed by atoms with Crippen molar-refractivity contribution in [1.29, 1.82) is 0 Å². The summed E-state index contributed by atoms with van der Waals surface area (Å²) in [4.78, 5) is 36.9. The second kappa shape index (κ2) is 10.4. The SMILES string of the molecule is CCOc1ccc(/C(O)=C2\C(=O)C(=O)N(c3ccc(N4CCN(C)CC4)cc3)C2c2ccncc2)cc1. The molecule has 2 aliphatic rings. The smallest absolute Gasteiger partial charge is 0.300 e. The lowest BCUT2D eigenvalue weighted by Crippen LogP contribution is -2.44. The number of carbonyl (C=O) groups excluding carboxylic acids is 2. The lowest BCUT2D eigenvalue weighted by atomic mass is 9.95. The van der Waals surface area contributed by atoms with Crippen LogP contribution < -0.4 is 14.5 Å². The van der Waals surface area contributed by atoms with Gasteiger partial charge in [-0.15, -0.1) is 0 Å². The average molecular weight is 499 g/mol. The lowest BCUT2D eigenvalue weighted by molar-refractivity contribution is -0.132. The summed E-state index contributed by atoms with van der Waals surface area (Å²) >= 11 is 0. The molecule has 0 spiro atoms. The second-order valence-electron chi connectivity index (χ2n) is 9.21. The predicted molar refractivity (Wildman–Crippen MR) is 143 cm³/mol. The van der Waals surface area contributed by atoms with Crippen molar-refractivity contribution in [3.05, 3.63) is 89.8 Å². The Morgan fingerprint density at radius 3 is 2.16 bits per heavy atom. The van der Waals surface area contributed by atoms with E-state index >= 15 is 0 Å². The van der Waals surface area contributed by atoms with Crippen LogP contribution in [-0.4, -0.2) is 66.5 Å². The number of hydrogen-bond acceptors (Lipinski definition) is 7. The van der Waals surface area contributed by atoms with Crippen LogP contribution in [0.5, 0.6) is 5.75 Å². The van der Waals surface area contributed by atoms with Crippen molar-refractivity contribution < 1.29 is 19.4 Å². The molecule has 2 aliphatic heterocycles. The molecule has 1 amide bonds. The summed E-state index contributed by atoms with van der Waals surface area (Å²) in [6.45, 7) is 6.25. The van der Waals surface area contributed by atoms with Crippen molar-refractivity contribution in [2.24, 2.45) is 0 Å². The first-order valence-electron chi connectivity index (χ1n) is 12.5. The van der Waals surface area contributed by atoms with Crippen LogP contribution >= 0.6 is 0 Å². The number of rotatable bonds is 6. The van der Waals surface area contributed by atoms with E-state index in [0.29, 0.717) is 29.2 Å². The molecule has 2 fully saturated rings. The molecule has 0 bridgehead atoms. The molecule has 5 rings (SSSR count). The van der Waals surface area contributed by atoms with Gasteiger partial charge in [-0.25, -0.2) is 0 Å². The Hall–Kier alpha value is -4.17. The Labute approximate surface area is 216 Å². The molecule has 1 aromatic heterocycles. The number of piperazine rings is 1. The number of aromatic nitrogens is 1. The molecular weight excluding hydrogens is 468 g/mol. The van der Waals surface area contributed by atoms with E-state index in [-0.39, 0.29) is 11.3 Å². The summed E-state index contributed by atoms with van der Waals surface area (Å²) < 4.78 is 5.49. The molecule has 8 heteroatoms. The van der Waals surface area contributed by atoms with Crippen LogP contribution in [0.4, 0.5) is 11.4 Å². The van der Waals surface area contributed by atoms with Crippen molar-refractivity contribution in [1.82, 2.24) is 9.88 Å². The Morgan fingerprint density at radius 1 is 0.919 bits per heavy atom. The fraction of sp³-hybridized carbons (Fsp3) is 0.276. The third-order valence-electron chi connectivity index (χ3n) is 6.90. The highest BCUT2D eigenvalue weighted by molar-refractivity contribution is 6.51. The minimum atomic E-state index is -0.788. The number of likely N-dealkylation sites (N-methyl/N-ethyl adjacent to an activating group) is 1. The van der Waals surface area contributed by atoms with Crippen molar-refractivity contribution in [3.63, 3.8) is 0 Å². The van der Waals surface area contributed by atoms with Crippen molar-refractivity contribution in [2.45, 2.75) is 13.0 Å². The van der Waals surface area contributed by atoms with Gasteiger partial charge in [-0.05, 0) is 80.2 Å². The van der Waals surface area contributed by atoms with E-state index in [9.17, 15) is 14.7 Å². The topological polar surface area (TPSA) is 86.2 Å². The lowest BCUT2D eigenvalue weighted by Gasteiger charge is -2.34. The molecular formula is C29H30N4O4. The molecule has 2 saturated heterocycles. The number of hydrogen-bond donors (Lipinski definition) is 1. The standard InChI is InChI=1S/C29H30N4O4/c1-3-37-24-10-4-21(5-11-24)27(34)25-26(20-12-14-30-15-13-20)33(29(36)28(25)35)23-8-6-22(7-9-23)32-18-16-31(2)17-19-32/h4-15,26,34H,3,16-19H2,1-2H3/b27-25+. The van der Waals surface area contributed by atoms with Gasteiger partial charge in [0.1, 0.15) is 11.5 Å². The molecule has 1 N–H and O–H groups in total. The van der Waals surface area contributed by atoms with Gasteiger partial charge in [0.2, 0.25) is 0 Å². The highest BCUT2D eigenvalue weighted by Crippen LogP contribution is 2.42. The monoisotopic (exact) mass is 498 g/mol. The predicted octanol–water partition coefficient (Wildman–Crippen LogP) is 3.86. The number of amides is 1. The van der Waals surface area contributed by atoms with Gasteiger partial charge in [-0.2, -0.15) is 0 Å². The summed E-state index contributed by atoms with van der Waals surface area (Å²) in [5, 5.41) is 11.3. The molecule has 8 nitrogen and oxygen atoms in total. The number of pyridine rings is 1. The summed E-state index contributed by atoms with van der Waals surface area (Å²) in [7, 11) is 2.11. The average Bonchev–Trinajstić information content (AvgIpc) is 3.20. The van der Waals surface area contributed by atoms with E-state index < -0.39 is 17.7 Å². The van der Waals surface area contributed by atoms with E-state index in [0.717, 1.165) is 31.9 Å². The van der Waals surface area contributed by atoms with E-state index in [4.69, 9.17) is 4.74 Å². The van der Waals surface area contributed by atoms with Crippen molar-refractivity contribution in [3.8, 4) is 5.75 Å². The summed E-state index contributed by atoms with van der Waals surface area (Å²) in [6.07, 6.45) is 3.23. The molecule has 1 unspecified atom stereocenters. The van der Waals surface area contributed by atoms with Gasteiger partial charge in [0.25, 0.3) is 11.7 Å². The molecule has 37 heavy (non-hydrogen) atoms. The fourth-order valence-corrected chi connectivity index (χ4v) is 4.88. The normalized spacial score (nSPS) is 19.9. The van der Waals surface area contributed by atoms with Crippen LogP contribution in [0.1, 0.15) is 24.1 Å². The van der Waals surface area contributed by atoms with E-state index in [1.54, 1.807) is 48.8 Å². The second-order valence-corrected chi connectivity index (χ2v) is 9.21. The van der Waals surface area contributed by atoms with Gasteiger partial charge in [-0.1, -0.05) is 0 Å². The third kappa shape index (κ3) is 4.80. The Balaban J connectivity index is 1.54. The zero-order chi connectivity index (χ0) is 25.9. The largest absolute Gasteiger partial charge is 0.507 e. The number of nitrogens with zero attached hydrogens (tertiary/aromatic N) is 4. The van der Waals surface area contributed by atoms with Crippen LogP contribution in [-0.2, 0) is 9.59 Å². The minimum Gasteiger partial charge on any atom is -0.507 e. The van der Waals surface area contributed by atoms with Gasteiger partial charge in [0, 0.05) is 55.5 Å². The quantitative estimate of drug-likeness (QED) is 0.314. The number of Topliss-reactive ketones (excluding diaryl/α,β-unsaturated/α-hetero) is 1. The van der Waals surface area contributed by atoms with Gasteiger partial charge in [-0.3, -0.25) is 19.5 Å². The minimum absolute atomic E-state index is 0.0449. The maximum Gasteiger partial charge on any atom is 0.300 e. The van der Waals surface area contributed by atoms with Crippen LogP contribution in [0.25, 0.3) is 5.76 Å². The first-order valence-corrected chi connectivity index (χ1v) is 12.5. The highest BCUT2D eigenvalue weighted by atomic mass is 16.5. The number of benzene rings is 2. The Bertz CT molecular complexity index is 1300. The van der Waals surface area contributed by atoms with Crippen LogP contribution in [0.15, 0.2) is 78.6 Å².